The monoisotopic (exact) mass is 360 g/mol. The van der Waals surface area contributed by atoms with Gasteiger partial charge in [-0.2, -0.15) is 4.98 Å². The van der Waals surface area contributed by atoms with Gasteiger partial charge >= 0.3 is 0 Å². The summed E-state index contributed by atoms with van der Waals surface area (Å²) in [6.07, 6.45) is 5.51. The molecule has 1 saturated heterocycles. The third-order valence-electron chi connectivity index (χ3n) is 4.72. The molecule has 1 fully saturated rings. The Morgan fingerprint density at radius 3 is 2.52 bits per heavy atom. The highest BCUT2D eigenvalue weighted by molar-refractivity contribution is 5.95. The van der Waals surface area contributed by atoms with Crippen LogP contribution in [-0.4, -0.2) is 38.6 Å². The summed E-state index contributed by atoms with van der Waals surface area (Å²) in [7, 11) is 0. The predicted molar refractivity (Wildman–Crippen MR) is 96.4 cm³/mol. The summed E-state index contributed by atoms with van der Waals surface area (Å²) >= 11 is 0. The lowest BCUT2D eigenvalue weighted by atomic mass is 9.98. The lowest BCUT2D eigenvalue weighted by Crippen LogP contribution is -2.48. The summed E-state index contributed by atoms with van der Waals surface area (Å²) in [5.41, 5.74) is 1.69. The van der Waals surface area contributed by atoms with E-state index in [1.165, 1.54) is 0 Å². The summed E-state index contributed by atoms with van der Waals surface area (Å²) in [4.78, 5) is 18.8. The fourth-order valence-electron chi connectivity index (χ4n) is 3.17. The van der Waals surface area contributed by atoms with Gasteiger partial charge < -0.3 is 18.4 Å². The standard InChI is InChI=1S/C20H16N4O3/c25-20(14-5-7-16(8-6-14)23-9-1-2-10-23)24-12-15(13-24)19-21-18(22-27-19)17-4-3-11-26-17/h1-11,15H,12-13H2. The van der Waals surface area contributed by atoms with Crippen LogP contribution >= 0.6 is 0 Å². The maximum atomic E-state index is 12.6. The molecule has 0 N–H and O–H groups in total. The smallest absolute Gasteiger partial charge is 0.253 e. The highest BCUT2D eigenvalue weighted by Crippen LogP contribution is 2.29. The fraction of sp³-hybridized carbons (Fsp3) is 0.150. The third kappa shape index (κ3) is 2.83. The molecular weight excluding hydrogens is 344 g/mol. The van der Waals surface area contributed by atoms with Gasteiger partial charge in [-0.25, -0.2) is 0 Å². The van der Waals surface area contributed by atoms with Gasteiger partial charge in [0.05, 0.1) is 12.2 Å². The van der Waals surface area contributed by atoms with E-state index >= 15 is 0 Å². The molecule has 1 aliphatic rings. The van der Waals surface area contributed by atoms with Crippen LogP contribution in [0, 0.1) is 0 Å². The van der Waals surface area contributed by atoms with Crippen molar-refractivity contribution in [2.45, 2.75) is 5.92 Å². The van der Waals surface area contributed by atoms with Gasteiger partial charge in [-0.3, -0.25) is 4.79 Å². The SMILES string of the molecule is O=C(c1ccc(-n2cccc2)cc1)N1CC(c2nc(-c3ccco3)no2)C1. The van der Waals surface area contributed by atoms with Crippen molar-refractivity contribution in [1.82, 2.24) is 19.6 Å². The second-order valence-corrected chi connectivity index (χ2v) is 6.48. The van der Waals surface area contributed by atoms with Crippen molar-refractivity contribution < 1.29 is 13.7 Å². The molecule has 1 aromatic carbocycles. The Kier molecular flexibility index (Phi) is 3.64. The van der Waals surface area contributed by atoms with E-state index < -0.39 is 0 Å². The number of carbonyl (C=O) groups is 1. The first-order valence-electron chi connectivity index (χ1n) is 8.68. The first-order chi connectivity index (χ1) is 13.3. The molecule has 7 heteroatoms. The van der Waals surface area contributed by atoms with Gasteiger partial charge in [0.2, 0.25) is 11.7 Å². The van der Waals surface area contributed by atoms with Crippen LogP contribution in [0.4, 0.5) is 0 Å². The molecule has 134 valence electrons. The summed E-state index contributed by atoms with van der Waals surface area (Å²) in [5.74, 6) is 1.61. The number of hydrogen-bond donors (Lipinski definition) is 0. The maximum Gasteiger partial charge on any atom is 0.253 e. The van der Waals surface area contributed by atoms with Gasteiger partial charge in [-0.1, -0.05) is 5.16 Å². The van der Waals surface area contributed by atoms with Crippen molar-refractivity contribution in [3.05, 3.63) is 78.6 Å². The molecule has 0 spiro atoms. The lowest BCUT2D eigenvalue weighted by Gasteiger charge is -2.37. The molecular formula is C20H16N4O3. The number of amides is 1. The molecule has 0 bridgehead atoms. The zero-order valence-electron chi connectivity index (χ0n) is 14.4. The molecule has 1 amide bonds. The van der Waals surface area contributed by atoms with Crippen LogP contribution in [0.25, 0.3) is 17.3 Å². The molecule has 0 aliphatic carbocycles. The Bertz CT molecular complexity index is 1040. The van der Waals surface area contributed by atoms with E-state index in [-0.39, 0.29) is 11.8 Å². The fourth-order valence-corrected chi connectivity index (χ4v) is 3.17. The molecule has 0 atom stereocenters. The number of furan rings is 1. The quantitative estimate of drug-likeness (QED) is 0.558. The van der Waals surface area contributed by atoms with E-state index in [1.807, 2.05) is 53.4 Å². The van der Waals surface area contributed by atoms with Crippen molar-refractivity contribution in [2.75, 3.05) is 13.1 Å². The zero-order chi connectivity index (χ0) is 18.2. The zero-order valence-corrected chi connectivity index (χ0v) is 14.4. The van der Waals surface area contributed by atoms with E-state index in [9.17, 15) is 4.79 Å². The van der Waals surface area contributed by atoms with Crippen molar-refractivity contribution in [1.29, 1.82) is 0 Å². The Morgan fingerprint density at radius 2 is 1.81 bits per heavy atom. The lowest BCUT2D eigenvalue weighted by molar-refractivity contribution is 0.0569. The number of aromatic nitrogens is 3. The van der Waals surface area contributed by atoms with Gasteiger partial charge in [-0.05, 0) is 48.5 Å². The van der Waals surface area contributed by atoms with Crippen molar-refractivity contribution >= 4 is 5.91 Å². The van der Waals surface area contributed by atoms with Crippen molar-refractivity contribution in [2.24, 2.45) is 0 Å². The van der Waals surface area contributed by atoms with Gasteiger partial charge in [0, 0.05) is 36.7 Å². The maximum absolute atomic E-state index is 12.6. The van der Waals surface area contributed by atoms with E-state index in [1.54, 1.807) is 23.3 Å². The minimum absolute atomic E-state index is 0.0103. The summed E-state index contributed by atoms with van der Waals surface area (Å²) in [6.45, 7) is 1.13. The summed E-state index contributed by atoms with van der Waals surface area (Å²) < 4.78 is 12.6. The largest absolute Gasteiger partial charge is 0.461 e. The first-order valence-corrected chi connectivity index (χ1v) is 8.68. The molecule has 7 nitrogen and oxygen atoms in total. The second-order valence-electron chi connectivity index (χ2n) is 6.48. The van der Waals surface area contributed by atoms with Gasteiger partial charge in [0.1, 0.15) is 0 Å². The Morgan fingerprint density at radius 1 is 1.04 bits per heavy atom. The average molecular weight is 360 g/mol. The number of benzene rings is 1. The van der Waals surface area contributed by atoms with Crippen LogP contribution < -0.4 is 0 Å². The molecule has 0 saturated carbocycles. The molecule has 4 heterocycles. The number of likely N-dealkylation sites (tertiary alicyclic amines) is 1. The Labute approximate surface area is 154 Å². The number of hydrogen-bond acceptors (Lipinski definition) is 5. The summed E-state index contributed by atoms with van der Waals surface area (Å²) in [6, 6.07) is 15.1. The molecule has 1 aliphatic heterocycles. The van der Waals surface area contributed by atoms with Gasteiger partial charge in [-0.15, -0.1) is 0 Å². The average Bonchev–Trinajstić information content (AvgIpc) is 3.41. The van der Waals surface area contributed by atoms with Crippen LogP contribution in [0.5, 0.6) is 0 Å². The molecule has 3 aromatic heterocycles. The van der Waals surface area contributed by atoms with Crippen LogP contribution in [0.3, 0.4) is 0 Å². The second kappa shape index (κ2) is 6.28. The molecule has 5 rings (SSSR count). The van der Waals surface area contributed by atoms with Crippen molar-refractivity contribution in [3.8, 4) is 17.3 Å². The Hall–Kier alpha value is -3.61. The van der Waals surface area contributed by atoms with Crippen LogP contribution in [0.1, 0.15) is 22.2 Å². The van der Waals surface area contributed by atoms with Crippen LogP contribution in [0.15, 0.2) is 76.1 Å². The van der Waals surface area contributed by atoms with E-state index in [2.05, 4.69) is 10.1 Å². The third-order valence-corrected chi connectivity index (χ3v) is 4.72. The summed E-state index contributed by atoms with van der Waals surface area (Å²) in [5, 5.41) is 3.94. The first kappa shape index (κ1) is 15.6. The molecule has 4 aromatic rings. The van der Waals surface area contributed by atoms with Gasteiger partial charge in [0.15, 0.2) is 5.76 Å². The Balaban J connectivity index is 1.23. The number of carbonyl (C=O) groups excluding carboxylic acids is 1. The highest BCUT2D eigenvalue weighted by atomic mass is 16.5. The van der Waals surface area contributed by atoms with Crippen LogP contribution in [0.2, 0.25) is 0 Å². The van der Waals surface area contributed by atoms with Gasteiger partial charge in [0.25, 0.3) is 5.91 Å². The number of nitrogens with zero attached hydrogens (tertiary/aromatic N) is 4. The van der Waals surface area contributed by atoms with E-state index in [0.717, 1.165) is 5.69 Å². The normalized spacial score (nSPS) is 14.3. The minimum atomic E-state index is 0.0103. The predicted octanol–water partition coefficient (Wildman–Crippen LogP) is 3.36. The molecule has 0 radical (unpaired) electrons. The topological polar surface area (TPSA) is 77.3 Å². The van der Waals surface area contributed by atoms with E-state index in [0.29, 0.717) is 36.1 Å². The minimum Gasteiger partial charge on any atom is -0.461 e. The highest BCUT2D eigenvalue weighted by Gasteiger charge is 2.36. The molecule has 27 heavy (non-hydrogen) atoms. The molecule has 0 unspecified atom stereocenters. The van der Waals surface area contributed by atoms with Crippen LogP contribution in [-0.2, 0) is 0 Å². The number of rotatable bonds is 4. The van der Waals surface area contributed by atoms with E-state index in [4.69, 9.17) is 8.94 Å². The van der Waals surface area contributed by atoms with Crippen molar-refractivity contribution in [3.63, 3.8) is 0 Å².